The van der Waals surface area contributed by atoms with Gasteiger partial charge in [0.2, 0.25) is 0 Å². The van der Waals surface area contributed by atoms with Gasteiger partial charge in [0.25, 0.3) is 0 Å². The molecule has 0 bridgehead atoms. The monoisotopic (exact) mass is 384 g/mol. The number of rotatable bonds is 3. The summed E-state index contributed by atoms with van der Waals surface area (Å²) in [5.74, 6) is 0.448. The van der Waals surface area contributed by atoms with Crippen molar-refractivity contribution in [3.8, 4) is 0 Å². The summed E-state index contributed by atoms with van der Waals surface area (Å²) in [5.41, 5.74) is 4.63. The summed E-state index contributed by atoms with van der Waals surface area (Å²) in [7, 11) is 0. The van der Waals surface area contributed by atoms with Crippen molar-refractivity contribution in [2.45, 2.75) is 33.6 Å². The molecule has 2 aromatic rings. The van der Waals surface area contributed by atoms with Gasteiger partial charge in [0.1, 0.15) is 0 Å². The summed E-state index contributed by atoms with van der Waals surface area (Å²) < 4.78 is 2.08. The minimum absolute atomic E-state index is 0.448. The summed E-state index contributed by atoms with van der Waals surface area (Å²) >= 11 is 7.17. The summed E-state index contributed by atoms with van der Waals surface area (Å²) in [6, 6.07) is 4.18. The zero-order valence-electron chi connectivity index (χ0n) is 11.6. The van der Waals surface area contributed by atoms with Gasteiger partial charge in [-0.3, -0.25) is 4.98 Å². The summed E-state index contributed by atoms with van der Waals surface area (Å²) in [6.07, 6.45) is 0. The maximum absolute atomic E-state index is 4.77. The molecule has 0 saturated carbocycles. The third-order valence-electron chi connectivity index (χ3n) is 3.17. The highest BCUT2D eigenvalue weighted by Gasteiger charge is 2.16. The molecule has 1 aromatic heterocycles. The van der Waals surface area contributed by atoms with Gasteiger partial charge in [-0.25, -0.2) is 0 Å². The first-order valence-electron chi connectivity index (χ1n) is 6.48. The summed E-state index contributed by atoms with van der Waals surface area (Å²) in [6.45, 7) is 9.54. The summed E-state index contributed by atoms with van der Waals surface area (Å²) in [4.78, 5) is 4.77. The molecule has 2 nitrogen and oxygen atoms in total. The van der Waals surface area contributed by atoms with Crippen LogP contribution in [0.3, 0.4) is 0 Å². The van der Waals surface area contributed by atoms with E-state index in [0.29, 0.717) is 5.92 Å². The van der Waals surface area contributed by atoms with Crippen LogP contribution in [0.5, 0.6) is 0 Å². The normalized spacial score (nSPS) is 11.3. The number of nitrogens with one attached hydrogen (secondary N) is 1. The second kappa shape index (κ2) is 5.80. The van der Waals surface area contributed by atoms with E-state index >= 15 is 0 Å². The van der Waals surface area contributed by atoms with Crippen molar-refractivity contribution in [3.05, 3.63) is 32.3 Å². The second-order valence-corrected chi connectivity index (χ2v) is 6.72. The van der Waals surface area contributed by atoms with Crippen molar-refractivity contribution < 1.29 is 0 Å². The van der Waals surface area contributed by atoms with Gasteiger partial charge in [-0.1, -0.05) is 29.8 Å². The zero-order chi connectivity index (χ0) is 14.2. The Hall–Kier alpha value is -0.610. The Labute approximate surface area is 131 Å². The molecule has 0 spiro atoms. The highest BCUT2D eigenvalue weighted by molar-refractivity contribution is 9.11. The van der Waals surface area contributed by atoms with Gasteiger partial charge in [-0.15, -0.1) is 0 Å². The number of aryl methyl sites for hydroxylation is 1. The Morgan fingerprint density at radius 1 is 1.26 bits per heavy atom. The van der Waals surface area contributed by atoms with Crippen LogP contribution in [-0.2, 0) is 0 Å². The van der Waals surface area contributed by atoms with Crippen molar-refractivity contribution >= 4 is 48.5 Å². The standard InChI is InChI=1S/C15H18Br2N2/c1-5-18-15-11-6-10(16)7-12(17)14(11)19-9(4)13(15)8(2)3/h6-8H,5H2,1-4H3,(H,18,19). The highest BCUT2D eigenvalue weighted by Crippen LogP contribution is 2.37. The first-order chi connectivity index (χ1) is 8.95. The van der Waals surface area contributed by atoms with Crippen LogP contribution >= 0.6 is 31.9 Å². The lowest BCUT2D eigenvalue weighted by Gasteiger charge is -2.19. The lowest BCUT2D eigenvalue weighted by Crippen LogP contribution is -2.07. The van der Waals surface area contributed by atoms with Crippen LogP contribution in [0.25, 0.3) is 10.9 Å². The maximum atomic E-state index is 4.77. The van der Waals surface area contributed by atoms with Gasteiger partial charge in [0, 0.05) is 32.3 Å². The lowest BCUT2D eigenvalue weighted by atomic mass is 9.96. The predicted octanol–water partition coefficient (Wildman–Crippen LogP) is 5.62. The number of hydrogen-bond acceptors (Lipinski definition) is 2. The maximum Gasteiger partial charge on any atom is 0.0868 e. The van der Waals surface area contributed by atoms with Crippen LogP contribution in [0.2, 0.25) is 0 Å². The lowest BCUT2D eigenvalue weighted by molar-refractivity contribution is 0.848. The van der Waals surface area contributed by atoms with Crippen LogP contribution in [0.15, 0.2) is 21.1 Å². The van der Waals surface area contributed by atoms with Gasteiger partial charge in [-0.05, 0) is 53.4 Å². The number of fused-ring (bicyclic) bond motifs is 1. The second-order valence-electron chi connectivity index (χ2n) is 4.95. The summed E-state index contributed by atoms with van der Waals surface area (Å²) in [5, 5.41) is 4.68. The molecule has 1 aromatic carbocycles. The van der Waals surface area contributed by atoms with E-state index in [-0.39, 0.29) is 0 Å². The fourth-order valence-corrected chi connectivity index (χ4v) is 3.81. The van der Waals surface area contributed by atoms with Gasteiger partial charge >= 0.3 is 0 Å². The number of aromatic nitrogens is 1. The van der Waals surface area contributed by atoms with E-state index in [1.165, 1.54) is 11.3 Å². The zero-order valence-corrected chi connectivity index (χ0v) is 14.8. The molecule has 102 valence electrons. The average molecular weight is 386 g/mol. The predicted molar refractivity (Wildman–Crippen MR) is 90.1 cm³/mol. The minimum Gasteiger partial charge on any atom is -0.384 e. The molecule has 0 radical (unpaired) electrons. The molecule has 1 heterocycles. The van der Waals surface area contributed by atoms with E-state index < -0.39 is 0 Å². The SMILES string of the molecule is CCNc1c(C(C)C)c(C)nc2c(Br)cc(Br)cc12. The molecular weight excluding hydrogens is 368 g/mol. The van der Waals surface area contributed by atoms with Gasteiger partial charge in [-0.2, -0.15) is 0 Å². The van der Waals surface area contributed by atoms with E-state index in [1.54, 1.807) is 0 Å². The Balaban J connectivity index is 2.89. The van der Waals surface area contributed by atoms with Crippen molar-refractivity contribution in [2.75, 3.05) is 11.9 Å². The van der Waals surface area contributed by atoms with Crippen molar-refractivity contribution in [1.82, 2.24) is 4.98 Å². The van der Waals surface area contributed by atoms with Gasteiger partial charge in [0.05, 0.1) is 5.52 Å². The molecular formula is C15H18Br2N2. The fourth-order valence-electron chi connectivity index (χ4n) is 2.50. The van der Waals surface area contributed by atoms with Crippen LogP contribution < -0.4 is 5.32 Å². The van der Waals surface area contributed by atoms with Crippen molar-refractivity contribution in [1.29, 1.82) is 0 Å². The van der Waals surface area contributed by atoms with Gasteiger partial charge < -0.3 is 5.32 Å². The smallest absolute Gasteiger partial charge is 0.0868 e. The molecule has 0 unspecified atom stereocenters. The Kier molecular flexibility index (Phi) is 4.51. The molecule has 0 saturated heterocycles. The van der Waals surface area contributed by atoms with Crippen LogP contribution in [-0.4, -0.2) is 11.5 Å². The molecule has 0 atom stereocenters. The first-order valence-corrected chi connectivity index (χ1v) is 8.07. The number of nitrogens with zero attached hydrogens (tertiary/aromatic N) is 1. The number of hydrogen-bond donors (Lipinski definition) is 1. The topological polar surface area (TPSA) is 24.9 Å². The number of anilines is 1. The molecule has 2 rings (SSSR count). The average Bonchev–Trinajstić information content (AvgIpc) is 2.30. The Morgan fingerprint density at radius 3 is 2.53 bits per heavy atom. The van der Waals surface area contributed by atoms with E-state index in [2.05, 4.69) is 70.9 Å². The molecule has 1 N–H and O–H groups in total. The molecule has 0 aliphatic heterocycles. The largest absolute Gasteiger partial charge is 0.384 e. The molecule has 0 fully saturated rings. The van der Waals surface area contributed by atoms with Crippen LogP contribution in [0, 0.1) is 6.92 Å². The van der Waals surface area contributed by atoms with E-state index in [9.17, 15) is 0 Å². The van der Waals surface area contributed by atoms with Crippen LogP contribution in [0.4, 0.5) is 5.69 Å². The van der Waals surface area contributed by atoms with E-state index in [1.807, 2.05) is 6.07 Å². The highest BCUT2D eigenvalue weighted by atomic mass is 79.9. The first kappa shape index (κ1) is 14.8. The van der Waals surface area contributed by atoms with Crippen molar-refractivity contribution in [3.63, 3.8) is 0 Å². The third kappa shape index (κ3) is 2.79. The third-order valence-corrected chi connectivity index (χ3v) is 4.23. The molecule has 0 aliphatic carbocycles. The quantitative estimate of drug-likeness (QED) is 0.741. The van der Waals surface area contributed by atoms with E-state index in [0.717, 1.165) is 32.1 Å². The minimum atomic E-state index is 0.448. The van der Waals surface area contributed by atoms with Gasteiger partial charge in [0.15, 0.2) is 0 Å². The number of halogens is 2. The van der Waals surface area contributed by atoms with Crippen LogP contribution in [0.1, 0.15) is 37.9 Å². The molecule has 0 aliphatic rings. The van der Waals surface area contributed by atoms with E-state index in [4.69, 9.17) is 4.98 Å². The Bertz CT molecular complexity index is 621. The Morgan fingerprint density at radius 2 is 1.95 bits per heavy atom. The molecule has 0 amide bonds. The number of benzene rings is 1. The van der Waals surface area contributed by atoms with Crippen molar-refractivity contribution in [2.24, 2.45) is 0 Å². The number of pyridine rings is 1. The fraction of sp³-hybridized carbons (Fsp3) is 0.400. The molecule has 4 heteroatoms. The molecule has 19 heavy (non-hydrogen) atoms.